The van der Waals surface area contributed by atoms with Gasteiger partial charge in [-0.15, -0.1) is 10.2 Å². The van der Waals surface area contributed by atoms with E-state index in [1.807, 2.05) is 54.9 Å². The maximum atomic E-state index is 12.2. The van der Waals surface area contributed by atoms with Crippen molar-refractivity contribution in [3.05, 3.63) is 54.9 Å². The van der Waals surface area contributed by atoms with E-state index in [9.17, 15) is 4.79 Å². The number of aromatic nitrogens is 3. The van der Waals surface area contributed by atoms with Gasteiger partial charge in [-0.25, -0.2) is 0 Å². The van der Waals surface area contributed by atoms with Crippen LogP contribution in [0.4, 0.5) is 5.69 Å². The predicted molar refractivity (Wildman–Crippen MR) is 98.2 cm³/mol. The predicted octanol–water partition coefficient (Wildman–Crippen LogP) is 2.90. The molecule has 0 radical (unpaired) electrons. The third-order valence-corrected chi connectivity index (χ3v) is 3.62. The number of para-hydroxylation sites is 2. The molecule has 0 spiro atoms. The number of ether oxygens (including phenoxy) is 2. The van der Waals surface area contributed by atoms with Crippen molar-refractivity contribution in [1.82, 2.24) is 14.8 Å². The van der Waals surface area contributed by atoms with Gasteiger partial charge in [0.2, 0.25) is 0 Å². The van der Waals surface area contributed by atoms with Crippen molar-refractivity contribution in [3.63, 3.8) is 0 Å². The lowest BCUT2D eigenvalue weighted by atomic mass is 10.2. The zero-order valence-electron chi connectivity index (χ0n) is 14.7. The standard InChI is InChI=1S/C19H20N4O3/c1-3-25-16-9-4-5-10-17(16)26-12-18(24)21-15-8-6-7-14(11-15)19-22-20-13-23(19)2/h4-11,13H,3,12H2,1-2H3,(H,21,24). The fourth-order valence-corrected chi connectivity index (χ4v) is 2.47. The molecule has 7 nitrogen and oxygen atoms in total. The van der Waals surface area contributed by atoms with Crippen LogP contribution in [-0.4, -0.2) is 33.9 Å². The van der Waals surface area contributed by atoms with Crippen molar-refractivity contribution in [2.45, 2.75) is 6.92 Å². The van der Waals surface area contributed by atoms with E-state index in [1.165, 1.54) is 0 Å². The summed E-state index contributed by atoms with van der Waals surface area (Å²) in [6.07, 6.45) is 1.63. The summed E-state index contributed by atoms with van der Waals surface area (Å²) < 4.78 is 12.9. The first-order valence-corrected chi connectivity index (χ1v) is 8.26. The molecule has 26 heavy (non-hydrogen) atoms. The summed E-state index contributed by atoms with van der Waals surface area (Å²) in [4.78, 5) is 12.2. The van der Waals surface area contributed by atoms with Crippen LogP contribution >= 0.6 is 0 Å². The quantitative estimate of drug-likeness (QED) is 0.707. The number of amides is 1. The maximum Gasteiger partial charge on any atom is 0.262 e. The van der Waals surface area contributed by atoms with E-state index in [0.29, 0.717) is 23.8 Å². The van der Waals surface area contributed by atoms with E-state index >= 15 is 0 Å². The highest BCUT2D eigenvalue weighted by Gasteiger charge is 2.09. The number of aryl methyl sites for hydroxylation is 1. The van der Waals surface area contributed by atoms with Gasteiger partial charge in [-0.1, -0.05) is 24.3 Å². The van der Waals surface area contributed by atoms with Gasteiger partial charge in [0.25, 0.3) is 5.91 Å². The third kappa shape index (κ3) is 4.18. The molecule has 0 aliphatic heterocycles. The number of carbonyl (C=O) groups excluding carboxylic acids is 1. The van der Waals surface area contributed by atoms with Crippen LogP contribution in [0.5, 0.6) is 11.5 Å². The molecule has 1 N–H and O–H groups in total. The molecular formula is C19H20N4O3. The number of rotatable bonds is 7. The Balaban J connectivity index is 1.63. The number of hydrogen-bond acceptors (Lipinski definition) is 5. The highest BCUT2D eigenvalue weighted by atomic mass is 16.5. The van der Waals surface area contributed by atoms with Crippen LogP contribution in [0.2, 0.25) is 0 Å². The Labute approximate surface area is 151 Å². The maximum absolute atomic E-state index is 12.2. The molecule has 0 atom stereocenters. The van der Waals surface area contributed by atoms with Crippen molar-refractivity contribution in [1.29, 1.82) is 0 Å². The molecule has 3 aromatic rings. The van der Waals surface area contributed by atoms with Crippen molar-refractivity contribution >= 4 is 11.6 Å². The van der Waals surface area contributed by atoms with Crippen LogP contribution in [0.3, 0.4) is 0 Å². The van der Waals surface area contributed by atoms with Crippen molar-refractivity contribution in [3.8, 4) is 22.9 Å². The highest BCUT2D eigenvalue weighted by molar-refractivity contribution is 5.92. The van der Waals surface area contributed by atoms with Gasteiger partial charge >= 0.3 is 0 Å². The molecular weight excluding hydrogens is 332 g/mol. The minimum Gasteiger partial charge on any atom is -0.490 e. The van der Waals surface area contributed by atoms with E-state index in [-0.39, 0.29) is 12.5 Å². The molecule has 0 aliphatic carbocycles. The molecule has 0 bridgehead atoms. The van der Waals surface area contributed by atoms with Crippen molar-refractivity contribution in [2.24, 2.45) is 7.05 Å². The minimum atomic E-state index is -0.258. The first-order chi connectivity index (χ1) is 12.7. The lowest BCUT2D eigenvalue weighted by molar-refractivity contribution is -0.118. The largest absolute Gasteiger partial charge is 0.490 e. The Morgan fingerprint density at radius 1 is 1.12 bits per heavy atom. The van der Waals surface area contributed by atoms with Gasteiger partial charge < -0.3 is 19.4 Å². The molecule has 1 heterocycles. The lowest BCUT2D eigenvalue weighted by Gasteiger charge is -2.12. The number of carbonyl (C=O) groups is 1. The molecule has 7 heteroatoms. The summed E-state index contributed by atoms with van der Waals surface area (Å²) in [5.41, 5.74) is 1.53. The van der Waals surface area contributed by atoms with E-state index in [1.54, 1.807) is 18.5 Å². The van der Waals surface area contributed by atoms with Crippen LogP contribution in [0.25, 0.3) is 11.4 Å². The van der Waals surface area contributed by atoms with E-state index < -0.39 is 0 Å². The van der Waals surface area contributed by atoms with Crippen molar-refractivity contribution < 1.29 is 14.3 Å². The number of nitrogens with zero attached hydrogens (tertiary/aromatic N) is 3. The van der Waals surface area contributed by atoms with Crippen LogP contribution < -0.4 is 14.8 Å². The minimum absolute atomic E-state index is 0.113. The molecule has 3 rings (SSSR count). The molecule has 0 saturated heterocycles. The average molecular weight is 352 g/mol. The second kappa shape index (κ2) is 8.15. The zero-order chi connectivity index (χ0) is 18.4. The molecule has 1 aromatic heterocycles. The summed E-state index contributed by atoms with van der Waals surface area (Å²) in [6.45, 7) is 2.31. The molecule has 2 aromatic carbocycles. The fraction of sp³-hybridized carbons (Fsp3) is 0.211. The summed E-state index contributed by atoms with van der Waals surface area (Å²) in [5.74, 6) is 1.62. The van der Waals surface area contributed by atoms with Gasteiger partial charge in [-0.2, -0.15) is 0 Å². The Morgan fingerprint density at radius 3 is 2.58 bits per heavy atom. The zero-order valence-corrected chi connectivity index (χ0v) is 14.7. The number of hydrogen-bond donors (Lipinski definition) is 1. The van der Waals surface area contributed by atoms with Gasteiger partial charge in [-0.05, 0) is 31.2 Å². The van der Waals surface area contributed by atoms with Gasteiger partial charge in [0.1, 0.15) is 6.33 Å². The van der Waals surface area contributed by atoms with E-state index in [0.717, 1.165) is 11.4 Å². The van der Waals surface area contributed by atoms with Gasteiger partial charge in [0.15, 0.2) is 23.9 Å². The van der Waals surface area contributed by atoms with Crippen LogP contribution in [0.1, 0.15) is 6.92 Å². The van der Waals surface area contributed by atoms with Crippen LogP contribution in [-0.2, 0) is 11.8 Å². The smallest absolute Gasteiger partial charge is 0.262 e. The average Bonchev–Trinajstić information content (AvgIpc) is 3.07. The Hall–Kier alpha value is -3.35. The molecule has 0 fully saturated rings. The second-order valence-electron chi connectivity index (χ2n) is 5.56. The number of benzene rings is 2. The van der Waals surface area contributed by atoms with E-state index in [4.69, 9.17) is 9.47 Å². The first-order valence-electron chi connectivity index (χ1n) is 8.26. The summed E-state index contributed by atoms with van der Waals surface area (Å²) >= 11 is 0. The Bertz CT molecular complexity index is 892. The normalized spacial score (nSPS) is 10.4. The summed E-state index contributed by atoms with van der Waals surface area (Å²) in [5, 5.41) is 10.8. The number of anilines is 1. The van der Waals surface area contributed by atoms with Crippen LogP contribution in [0.15, 0.2) is 54.9 Å². The SMILES string of the molecule is CCOc1ccccc1OCC(=O)Nc1cccc(-c2nncn2C)c1. The van der Waals surface area contributed by atoms with E-state index in [2.05, 4.69) is 15.5 Å². The molecule has 134 valence electrons. The van der Waals surface area contributed by atoms with Crippen LogP contribution in [0, 0.1) is 0 Å². The Kier molecular flexibility index (Phi) is 5.48. The molecule has 0 aliphatic rings. The second-order valence-corrected chi connectivity index (χ2v) is 5.56. The summed E-state index contributed by atoms with van der Waals surface area (Å²) in [7, 11) is 1.87. The monoisotopic (exact) mass is 352 g/mol. The Morgan fingerprint density at radius 2 is 1.88 bits per heavy atom. The summed E-state index contributed by atoms with van der Waals surface area (Å²) in [6, 6.07) is 14.7. The van der Waals surface area contributed by atoms with Gasteiger partial charge in [0.05, 0.1) is 6.61 Å². The lowest BCUT2D eigenvalue weighted by Crippen LogP contribution is -2.20. The fourth-order valence-electron chi connectivity index (χ4n) is 2.47. The highest BCUT2D eigenvalue weighted by Crippen LogP contribution is 2.26. The molecule has 1 amide bonds. The topological polar surface area (TPSA) is 78.3 Å². The third-order valence-electron chi connectivity index (χ3n) is 3.62. The van der Waals surface area contributed by atoms with Gasteiger partial charge in [0, 0.05) is 18.3 Å². The first kappa shape index (κ1) is 17.5. The molecule has 0 saturated carbocycles. The van der Waals surface area contributed by atoms with Gasteiger partial charge in [-0.3, -0.25) is 4.79 Å². The van der Waals surface area contributed by atoms with Crippen molar-refractivity contribution in [2.75, 3.05) is 18.5 Å². The number of nitrogens with one attached hydrogen (secondary N) is 1. The molecule has 0 unspecified atom stereocenters.